The van der Waals surface area contributed by atoms with Gasteiger partial charge in [0.05, 0.1) is 23.4 Å². The molecule has 1 aliphatic carbocycles. The molecular formula is C23H24N2O2. The molecule has 0 radical (unpaired) electrons. The van der Waals surface area contributed by atoms with Gasteiger partial charge in [-0.15, -0.1) is 5.11 Å². The fourth-order valence-corrected chi connectivity index (χ4v) is 2.99. The molecule has 0 N–H and O–H groups in total. The summed E-state index contributed by atoms with van der Waals surface area (Å²) in [5.74, 6) is -0.191. The van der Waals surface area contributed by atoms with Crippen molar-refractivity contribution in [3.63, 3.8) is 0 Å². The molecular weight excluding hydrogens is 336 g/mol. The first-order valence-corrected chi connectivity index (χ1v) is 9.16. The first-order chi connectivity index (χ1) is 13.0. The smallest absolute Gasteiger partial charge is 0.315 e. The van der Waals surface area contributed by atoms with Gasteiger partial charge in [0, 0.05) is 5.56 Å². The van der Waals surface area contributed by atoms with E-state index in [2.05, 4.69) is 16.3 Å². The van der Waals surface area contributed by atoms with Gasteiger partial charge < -0.3 is 4.74 Å². The largest absolute Gasteiger partial charge is 0.465 e. The van der Waals surface area contributed by atoms with Gasteiger partial charge in [0.25, 0.3) is 0 Å². The summed E-state index contributed by atoms with van der Waals surface area (Å²) in [5.41, 5.74) is 4.20. The zero-order chi connectivity index (χ0) is 19.3. The minimum absolute atomic E-state index is 0.191. The number of aryl methyl sites for hydroxylation is 1. The van der Waals surface area contributed by atoms with Crippen molar-refractivity contribution in [3.05, 3.63) is 77.9 Å². The van der Waals surface area contributed by atoms with Crippen molar-refractivity contribution in [1.82, 2.24) is 0 Å². The Morgan fingerprint density at radius 1 is 1.15 bits per heavy atom. The van der Waals surface area contributed by atoms with Crippen LogP contribution in [0.4, 0.5) is 11.4 Å². The maximum Gasteiger partial charge on any atom is 0.315 e. The third-order valence-corrected chi connectivity index (χ3v) is 4.61. The lowest BCUT2D eigenvalue weighted by atomic mass is 9.80. The summed E-state index contributed by atoms with van der Waals surface area (Å²) in [5, 5.41) is 8.83. The van der Waals surface area contributed by atoms with E-state index in [1.807, 2.05) is 81.5 Å². The summed E-state index contributed by atoms with van der Waals surface area (Å²) in [6.07, 6.45) is 6.56. The molecule has 0 spiro atoms. The molecule has 0 fully saturated rings. The fraction of sp³-hybridized carbons (Fsp3) is 0.261. The molecule has 138 valence electrons. The molecule has 1 atom stereocenters. The summed E-state index contributed by atoms with van der Waals surface area (Å²) < 4.78 is 5.19. The van der Waals surface area contributed by atoms with E-state index in [0.717, 1.165) is 28.1 Å². The average Bonchev–Trinajstić information content (AvgIpc) is 2.68. The Balaban J connectivity index is 1.84. The van der Waals surface area contributed by atoms with E-state index < -0.39 is 5.41 Å². The van der Waals surface area contributed by atoms with Crippen LogP contribution >= 0.6 is 0 Å². The van der Waals surface area contributed by atoms with Crippen LogP contribution in [0.25, 0.3) is 5.57 Å². The fourth-order valence-electron chi connectivity index (χ4n) is 2.99. The second kappa shape index (κ2) is 8.12. The van der Waals surface area contributed by atoms with E-state index in [1.165, 1.54) is 0 Å². The van der Waals surface area contributed by atoms with Crippen LogP contribution < -0.4 is 0 Å². The number of rotatable bonds is 5. The molecule has 1 unspecified atom stereocenters. The number of ether oxygens (including phenoxy) is 1. The van der Waals surface area contributed by atoms with Gasteiger partial charge in [-0.1, -0.05) is 48.6 Å². The van der Waals surface area contributed by atoms with E-state index in [0.29, 0.717) is 13.0 Å². The molecule has 27 heavy (non-hydrogen) atoms. The molecule has 0 amide bonds. The Bertz CT molecular complexity index is 927. The highest BCUT2D eigenvalue weighted by molar-refractivity contribution is 5.86. The third-order valence-electron chi connectivity index (χ3n) is 4.61. The highest BCUT2D eigenvalue weighted by Crippen LogP contribution is 2.37. The van der Waals surface area contributed by atoms with Gasteiger partial charge in [0.2, 0.25) is 0 Å². The van der Waals surface area contributed by atoms with Crippen molar-refractivity contribution in [2.75, 3.05) is 6.61 Å². The molecule has 4 heteroatoms. The minimum atomic E-state index is -0.614. The van der Waals surface area contributed by atoms with Gasteiger partial charge in [0.15, 0.2) is 0 Å². The monoisotopic (exact) mass is 360 g/mol. The standard InChI is InChI=1S/C23H24N2O2/c1-4-27-22(26)23(3)14-12-18(13-15-23)20-10-5-6-11-21(20)25-24-19-9-7-8-17(2)16-19/h5-14,16H,4,15H2,1-3H3/b25-24+. The lowest BCUT2D eigenvalue weighted by Gasteiger charge is -2.25. The van der Waals surface area contributed by atoms with Gasteiger partial charge in [-0.2, -0.15) is 5.11 Å². The Labute approximate surface area is 160 Å². The van der Waals surface area contributed by atoms with Crippen molar-refractivity contribution in [3.8, 4) is 0 Å². The number of carbonyl (C=O) groups is 1. The topological polar surface area (TPSA) is 51.0 Å². The lowest BCUT2D eigenvalue weighted by molar-refractivity contribution is -0.151. The summed E-state index contributed by atoms with van der Waals surface area (Å²) in [6.45, 7) is 6.15. The summed E-state index contributed by atoms with van der Waals surface area (Å²) >= 11 is 0. The van der Waals surface area contributed by atoms with Crippen molar-refractivity contribution < 1.29 is 9.53 Å². The molecule has 0 saturated carbocycles. The second-order valence-corrected chi connectivity index (χ2v) is 6.89. The highest BCUT2D eigenvalue weighted by atomic mass is 16.5. The van der Waals surface area contributed by atoms with E-state index in [1.54, 1.807) is 0 Å². The molecule has 1 aliphatic rings. The lowest BCUT2D eigenvalue weighted by Crippen LogP contribution is -2.28. The van der Waals surface area contributed by atoms with Crippen LogP contribution in [0.3, 0.4) is 0 Å². The van der Waals surface area contributed by atoms with Crippen LogP contribution in [0.15, 0.2) is 77.0 Å². The van der Waals surface area contributed by atoms with E-state index in [9.17, 15) is 4.79 Å². The van der Waals surface area contributed by atoms with Crippen LogP contribution in [-0.4, -0.2) is 12.6 Å². The van der Waals surface area contributed by atoms with E-state index >= 15 is 0 Å². The Morgan fingerprint density at radius 2 is 1.96 bits per heavy atom. The van der Waals surface area contributed by atoms with Crippen molar-refractivity contribution in [2.45, 2.75) is 27.2 Å². The zero-order valence-electron chi connectivity index (χ0n) is 16.0. The molecule has 2 aromatic rings. The number of hydrogen-bond acceptors (Lipinski definition) is 4. The average molecular weight is 360 g/mol. The first kappa shape index (κ1) is 18.8. The normalized spacial score (nSPS) is 19.1. The summed E-state index contributed by atoms with van der Waals surface area (Å²) in [6, 6.07) is 15.8. The van der Waals surface area contributed by atoms with Gasteiger partial charge in [0.1, 0.15) is 0 Å². The number of nitrogens with zero attached hydrogens (tertiary/aromatic N) is 2. The molecule has 0 saturated heterocycles. The molecule has 4 nitrogen and oxygen atoms in total. The second-order valence-electron chi connectivity index (χ2n) is 6.89. The van der Waals surface area contributed by atoms with E-state index in [-0.39, 0.29) is 5.97 Å². The first-order valence-electron chi connectivity index (χ1n) is 9.16. The number of esters is 1. The van der Waals surface area contributed by atoms with Gasteiger partial charge in [-0.25, -0.2) is 0 Å². The quantitative estimate of drug-likeness (QED) is 0.462. The predicted octanol–water partition coefficient (Wildman–Crippen LogP) is 6.32. The van der Waals surface area contributed by atoms with Crippen LogP contribution in [0.1, 0.15) is 31.4 Å². The van der Waals surface area contributed by atoms with Crippen molar-refractivity contribution in [1.29, 1.82) is 0 Å². The van der Waals surface area contributed by atoms with Crippen molar-refractivity contribution >= 4 is 22.9 Å². The van der Waals surface area contributed by atoms with Crippen molar-refractivity contribution in [2.24, 2.45) is 15.6 Å². The van der Waals surface area contributed by atoms with Crippen LogP contribution in [-0.2, 0) is 9.53 Å². The molecule has 0 heterocycles. The Kier molecular flexibility index (Phi) is 5.65. The molecule has 0 bridgehead atoms. The van der Waals surface area contributed by atoms with E-state index in [4.69, 9.17) is 4.74 Å². The molecule has 3 rings (SSSR count). The number of carbonyl (C=O) groups excluding carboxylic acids is 1. The number of benzene rings is 2. The van der Waals surface area contributed by atoms with Crippen LogP contribution in [0.2, 0.25) is 0 Å². The zero-order valence-corrected chi connectivity index (χ0v) is 16.0. The van der Waals surface area contributed by atoms with Crippen LogP contribution in [0.5, 0.6) is 0 Å². The number of azo groups is 1. The minimum Gasteiger partial charge on any atom is -0.465 e. The summed E-state index contributed by atoms with van der Waals surface area (Å²) in [7, 11) is 0. The Morgan fingerprint density at radius 3 is 2.67 bits per heavy atom. The molecule has 0 aromatic heterocycles. The molecule has 2 aromatic carbocycles. The van der Waals surface area contributed by atoms with Gasteiger partial charge in [-0.3, -0.25) is 4.79 Å². The van der Waals surface area contributed by atoms with Gasteiger partial charge in [-0.05, 0) is 56.5 Å². The maximum absolute atomic E-state index is 12.2. The summed E-state index contributed by atoms with van der Waals surface area (Å²) in [4.78, 5) is 12.2. The maximum atomic E-state index is 12.2. The highest BCUT2D eigenvalue weighted by Gasteiger charge is 2.33. The Hall–Kier alpha value is -3.01. The third kappa shape index (κ3) is 4.40. The predicted molar refractivity (Wildman–Crippen MR) is 108 cm³/mol. The SMILES string of the molecule is CCOC(=O)C1(C)C=CC(c2ccccc2/N=N/c2cccc(C)c2)=CC1. The number of hydrogen-bond donors (Lipinski definition) is 0. The number of allylic oxidation sites excluding steroid dienone is 3. The molecule has 0 aliphatic heterocycles. The van der Waals surface area contributed by atoms with Gasteiger partial charge >= 0.3 is 5.97 Å². The van der Waals surface area contributed by atoms with Crippen LogP contribution in [0, 0.1) is 12.3 Å².